The van der Waals surface area contributed by atoms with Crippen molar-refractivity contribution in [1.29, 1.82) is 0 Å². The van der Waals surface area contributed by atoms with Gasteiger partial charge in [0.2, 0.25) is 0 Å². The minimum Gasteiger partial charge on any atom is -0.377 e. The summed E-state index contributed by atoms with van der Waals surface area (Å²) in [5.41, 5.74) is 0.730. The minimum atomic E-state index is -0.350. The van der Waals surface area contributed by atoms with Crippen LogP contribution in [0.3, 0.4) is 0 Å². The van der Waals surface area contributed by atoms with Crippen molar-refractivity contribution in [3.05, 3.63) is 32.8 Å². The zero-order valence-corrected chi connectivity index (χ0v) is 11.2. The second-order valence-electron chi connectivity index (χ2n) is 4.64. The Labute approximate surface area is 109 Å². The number of nitro benzene ring substituents is 1. The Hall–Kier alpha value is -1.10. The van der Waals surface area contributed by atoms with Gasteiger partial charge in [-0.25, -0.2) is 0 Å². The standard InChI is InChI=1S/C12H15BrN2O2/c1-8(6-9-2-3-9)14-11-5-4-10(13)7-12(11)15(16)17/h4-5,7-9,14H,2-3,6H2,1H3. The highest BCUT2D eigenvalue weighted by atomic mass is 79.9. The lowest BCUT2D eigenvalue weighted by Crippen LogP contribution is -2.16. The fourth-order valence-electron chi connectivity index (χ4n) is 1.96. The molecule has 0 aliphatic heterocycles. The maximum Gasteiger partial charge on any atom is 0.293 e. The van der Waals surface area contributed by atoms with E-state index in [9.17, 15) is 10.1 Å². The highest BCUT2D eigenvalue weighted by molar-refractivity contribution is 9.10. The lowest BCUT2D eigenvalue weighted by molar-refractivity contribution is -0.384. The van der Waals surface area contributed by atoms with Crippen molar-refractivity contribution in [2.45, 2.75) is 32.2 Å². The SMILES string of the molecule is CC(CC1CC1)Nc1ccc(Br)cc1[N+](=O)[O-]. The summed E-state index contributed by atoms with van der Waals surface area (Å²) < 4.78 is 0.726. The van der Waals surface area contributed by atoms with Crippen molar-refractivity contribution in [3.63, 3.8) is 0 Å². The van der Waals surface area contributed by atoms with Gasteiger partial charge in [0.05, 0.1) is 4.92 Å². The average Bonchev–Trinajstić information content (AvgIpc) is 3.04. The quantitative estimate of drug-likeness (QED) is 0.661. The lowest BCUT2D eigenvalue weighted by Gasteiger charge is -2.14. The van der Waals surface area contributed by atoms with E-state index in [-0.39, 0.29) is 16.7 Å². The van der Waals surface area contributed by atoms with E-state index < -0.39 is 0 Å². The van der Waals surface area contributed by atoms with Crippen LogP contribution < -0.4 is 5.32 Å². The molecule has 4 nitrogen and oxygen atoms in total. The number of nitro groups is 1. The molecule has 1 unspecified atom stereocenters. The van der Waals surface area contributed by atoms with Crippen LogP contribution in [0.4, 0.5) is 11.4 Å². The normalized spacial score (nSPS) is 16.6. The summed E-state index contributed by atoms with van der Waals surface area (Å²) in [5.74, 6) is 0.812. The molecule has 5 heteroatoms. The van der Waals surface area contributed by atoms with Crippen LogP contribution in [0.1, 0.15) is 26.2 Å². The molecule has 1 aromatic carbocycles. The molecule has 2 rings (SSSR count). The fraction of sp³-hybridized carbons (Fsp3) is 0.500. The Morgan fingerprint density at radius 1 is 1.59 bits per heavy atom. The average molecular weight is 299 g/mol. The number of anilines is 1. The summed E-state index contributed by atoms with van der Waals surface area (Å²) >= 11 is 3.25. The molecule has 1 aliphatic carbocycles. The Bertz CT molecular complexity index is 433. The largest absolute Gasteiger partial charge is 0.377 e. The number of nitrogens with zero attached hydrogens (tertiary/aromatic N) is 1. The van der Waals surface area contributed by atoms with Crippen LogP contribution in [-0.4, -0.2) is 11.0 Å². The molecule has 1 aromatic rings. The second kappa shape index (κ2) is 5.04. The maximum atomic E-state index is 10.9. The molecule has 92 valence electrons. The van der Waals surface area contributed by atoms with Crippen LogP contribution in [0, 0.1) is 16.0 Å². The number of halogens is 1. The van der Waals surface area contributed by atoms with Crippen LogP contribution in [-0.2, 0) is 0 Å². The first-order valence-electron chi connectivity index (χ1n) is 5.76. The highest BCUT2D eigenvalue weighted by Gasteiger charge is 2.24. The van der Waals surface area contributed by atoms with Crippen LogP contribution in [0.15, 0.2) is 22.7 Å². The van der Waals surface area contributed by atoms with Gasteiger partial charge in [-0.05, 0) is 31.4 Å². The zero-order chi connectivity index (χ0) is 12.4. The number of hydrogen-bond donors (Lipinski definition) is 1. The van der Waals surface area contributed by atoms with Crippen molar-refractivity contribution in [3.8, 4) is 0 Å². The maximum absolute atomic E-state index is 10.9. The van der Waals surface area contributed by atoms with Gasteiger partial charge in [0.15, 0.2) is 0 Å². The molecule has 17 heavy (non-hydrogen) atoms. The fourth-order valence-corrected chi connectivity index (χ4v) is 2.30. The smallest absolute Gasteiger partial charge is 0.293 e. The van der Waals surface area contributed by atoms with Crippen LogP contribution in [0.5, 0.6) is 0 Å². The molecule has 1 atom stereocenters. The summed E-state index contributed by atoms with van der Waals surface area (Å²) in [4.78, 5) is 10.6. The summed E-state index contributed by atoms with van der Waals surface area (Å²) in [6.45, 7) is 2.07. The van der Waals surface area contributed by atoms with Crippen molar-refractivity contribution >= 4 is 27.3 Å². The van der Waals surface area contributed by atoms with Crippen molar-refractivity contribution in [1.82, 2.24) is 0 Å². The summed E-state index contributed by atoms with van der Waals surface area (Å²) in [6, 6.07) is 5.39. The summed E-state index contributed by atoms with van der Waals surface area (Å²) in [5, 5.41) is 14.2. The van der Waals surface area contributed by atoms with E-state index in [1.54, 1.807) is 6.07 Å². The molecule has 0 aromatic heterocycles. The third-order valence-corrected chi connectivity index (χ3v) is 3.44. The van der Waals surface area contributed by atoms with E-state index in [1.165, 1.54) is 18.9 Å². The molecule has 0 spiro atoms. The molecule has 1 saturated carbocycles. The van der Waals surface area contributed by atoms with E-state index in [1.807, 2.05) is 6.07 Å². The highest BCUT2D eigenvalue weighted by Crippen LogP contribution is 2.35. The molecular weight excluding hydrogens is 284 g/mol. The second-order valence-corrected chi connectivity index (χ2v) is 5.56. The van der Waals surface area contributed by atoms with Gasteiger partial charge in [-0.15, -0.1) is 0 Å². The van der Waals surface area contributed by atoms with E-state index in [2.05, 4.69) is 28.2 Å². The molecule has 1 fully saturated rings. The third-order valence-electron chi connectivity index (χ3n) is 2.94. The first-order valence-corrected chi connectivity index (χ1v) is 6.56. The van der Waals surface area contributed by atoms with Crippen LogP contribution in [0.25, 0.3) is 0 Å². The van der Waals surface area contributed by atoms with Gasteiger partial charge in [0.1, 0.15) is 5.69 Å². The molecule has 0 radical (unpaired) electrons. The number of rotatable bonds is 5. The van der Waals surface area contributed by atoms with Gasteiger partial charge < -0.3 is 5.32 Å². The van der Waals surface area contributed by atoms with Crippen LogP contribution >= 0.6 is 15.9 Å². The van der Waals surface area contributed by atoms with E-state index in [4.69, 9.17) is 0 Å². The summed E-state index contributed by atoms with van der Waals surface area (Å²) in [7, 11) is 0. The van der Waals surface area contributed by atoms with Crippen molar-refractivity contribution in [2.24, 2.45) is 5.92 Å². The van der Waals surface area contributed by atoms with Crippen molar-refractivity contribution < 1.29 is 4.92 Å². The third kappa shape index (κ3) is 3.43. The minimum absolute atomic E-state index is 0.127. The number of hydrogen-bond acceptors (Lipinski definition) is 3. The molecule has 0 bridgehead atoms. The lowest BCUT2D eigenvalue weighted by atomic mass is 10.1. The van der Waals surface area contributed by atoms with E-state index in [0.717, 1.165) is 16.8 Å². The molecule has 1 aliphatic rings. The van der Waals surface area contributed by atoms with Gasteiger partial charge in [-0.1, -0.05) is 28.8 Å². The first kappa shape index (κ1) is 12.4. The Kier molecular flexibility index (Phi) is 3.66. The Morgan fingerprint density at radius 2 is 2.29 bits per heavy atom. The predicted molar refractivity (Wildman–Crippen MR) is 71.2 cm³/mol. The number of nitrogens with one attached hydrogen (secondary N) is 1. The van der Waals surface area contributed by atoms with Gasteiger partial charge in [0.25, 0.3) is 5.69 Å². The van der Waals surface area contributed by atoms with Gasteiger partial charge in [-0.2, -0.15) is 0 Å². The Morgan fingerprint density at radius 3 is 2.88 bits per heavy atom. The topological polar surface area (TPSA) is 55.2 Å². The first-order chi connectivity index (χ1) is 8.06. The molecular formula is C12H15BrN2O2. The predicted octanol–water partition coefficient (Wildman–Crippen LogP) is 3.96. The van der Waals surface area contributed by atoms with Crippen LogP contribution in [0.2, 0.25) is 0 Å². The van der Waals surface area contributed by atoms with Gasteiger partial charge in [0, 0.05) is 16.6 Å². The van der Waals surface area contributed by atoms with Gasteiger partial charge >= 0.3 is 0 Å². The monoisotopic (exact) mass is 298 g/mol. The van der Waals surface area contributed by atoms with Crippen molar-refractivity contribution in [2.75, 3.05) is 5.32 Å². The zero-order valence-electron chi connectivity index (χ0n) is 9.65. The Balaban J connectivity index is 2.10. The number of benzene rings is 1. The summed E-state index contributed by atoms with van der Waals surface area (Å²) in [6.07, 6.45) is 3.69. The molecule has 1 N–H and O–H groups in total. The molecule has 0 heterocycles. The van der Waals surface area contributed by atoms with E-state index >= 15 is 0 Å². The molecule has 0 amide bonds. The van der Waals surface area contributed by atoms with E-state index in [0.29, 0.717) is 5.69 Å². The molecule has 0 saturated heterocycles. The van der Waals surface area contributed by atoms with Gasteiger partial charge in [-0.3, -0.25) is 10.1 Å².